The van der Waals surface area contributed by atoms with Crippen LogP contribution >= 0.6 is 0 Å². The highest BCUT2D eigenvalue weighted by Crippen LogP contribution is 2.25. The van der Waals surface area contributed by atoms with Crippen molar-refractivity contribution < 1.29 is 0 Å². The van der Waals surface area contributed by atoms with E-state index in [2.05, 4.69) is 71.7 Å². The van der Waals surface area contributed by atoms with Crippen LogP contribution in [0.3, 0.4) is 0 Å². The number of hydrogen-bond donors (Lipinski definition) is 2. The van der Waals surface area contributed by atoms with E-state index in [4.69, 9.17) is 0 Å². The summed E-state index contributed by atoms with van der Waals surface area (Å²) in [5, 5.41) is 14.8. The third-order valence-electron chi connectivity index (χ3n) is 3.80. The minimum atomic E-state index is 0.325. The molecule has 5 nitrogen and oxygen atoms in total. The maximum Gasteiger partial charge on any atom is 0.244 e. The van der Waals surface area contributed by atoms with E-state index in [-0.39, 0.29) is 0 Å². The van der Waals surface area contributed by atoms with Crippen molar-refractivity contribution in [2.75, 3.05) is 10.6 Å². The van der Waals surface area contributed by atoms with Crippen molar-refractivity contribution in [2.45, 2.75) is 53.0 Å². The van der Waals surface area contributed by atoms with Crippen LogP contribution in [0.4, 0.5) is 17.5 Å². The lowest BCUT2D eigenvalue weighted by Crippen LogP contribution is -2.16. The Morgan fingerprint density at radius 3 is 2.36 bits per heavy atom. The van der Waals surface area contributed by atoms with E-state index in [9.17, 15) is 0 Å². The van der Waals surface area contributed by atoms with Gasteiger partial charge in [-0.1, -0.05) is 39.0 Å². The van der Waals surface area contributed by atoms with Gasteiger partial charge >= 0.3 is 0 Å². The van der Waals surface area contributed by atoms with Crippen molar-refractivity contribution in [3.63, 3.8) is 0 Å². The maximum absolute atomic E-state index is 4.51. The van der Waals surface area contributed by atoms with E-state index in [0.29, 0.717) is 12.0 Å². The van der Waals surface area contributed by atoms with E-state index in [1.165, 1.54) is 11.1 Å². The lowest BCUT2D eigenvalue weighted by molar-refractivity contribution is 0.746. The van der Waals surface area contributed by atoms with E-state index in [1.54, 1.807) is 6.20 Å². The third kappa shape index (κ3) is 3.93. The number of anilines is 3. The zero-order chi connectivity index (χ0) is 15.9. The van der Waals surface area contributed by atoms with Gasteiger partial charge in [-0.05, 0) is 37.3 Å². The van der Waals surface area contributed by atoms with Crippen LogP contribution in [0.15, 0.2) is 24.4 Å². The largest absolute Gasteiger partial charge is 0.350 e. The minimum absolute atomic E-state index is 0.325. The third-order valence-corrected chi connectivity index (χ3v) is 3.80. The first-order valence-corrected chi connectivity index (χ1v) is 8.01. The van der Waals surface area contributed by atoms with E-state index in [1.807, 2.05) is 0 Å². The summed E-state index contributed by atoms with van der Waals surface area (Å²) in [6, 6.07) is 6.73. The molecule has 5 heteroatoms. The second kappa shape index (κ2) is 7.73. The van der Waals surface area contributed by atoms with Gasteiger partial charge in [0.1, 0.15) is 0 Å². The molecule has 2 aromatic rings. The number of rotatable bonds is 7. The average molecular weight is 299 g/mol. The number of benzene rings is 1. The van der Waals surface area contributed by atoms with Gasteiger partial charge in [0, 0.05) is 11.7 Å². The van der Waals surface area contributed by atoms with Gasteiger partial charge in [0.15, 0.2) is 5.82 Å². The van der Waals surface area contributed by atoms with Crippen LogP contribution in [-0.2, 0) is 12.8 Å². The van der Waals surface area contributed by atoms with Gasteiger partial charge in [-0.2, -0.15) is 10.1 Å². The van der Waals surface area contributed by atoms with Gasteiger partial charge in [0.2, 0.25) is 5.95 Å². The molecular formula is C17H25N5. The zero-order valence-corrected chi connectivity index (χ0v) is 13.8. The fourth-order valence-electron chi connectivity index (χ4n) is 2.28. The first-order chi connectivity index (χ1) is 10.7. The fourth-order valence-corrected chi connectivity index (χ4v) is 2.28. The van der Waals surface area contributed by atoms with Gasteiger partial charge in [-0.15, -0.1) is 5.10 Å². The van der Waals surface area contributed by atoms with E-state index < -0.39 is 0 Å². The molecule has 0 saturated carbocycles. The Bertz CT molecular complexity index is 589. The Morgan fingerprint density at radius 1 is 1.09 bits per heavy atom. The van der Waals surface area contributed by atoms with Crippen molar-refractivity contribution in [2.24, 2.45) is 0 Å². The summed E-state index contributed by atoms with van der Waals surface area (Å²) in [7, 11) is 0. The molecule has 0 amide bonds. The van der Waals surface area contributed by atoms with Gasteiger partial charge < -0.3 is 10.6 Å². The van der Waals surface area contributed by atoms with Crippen molar-refractivity contribution in [1.29, 1.82) is 0 Å². The Balaban J connectivity index is 2.26. The molecule has 0 aliphatic carbocycles. The number of para-hydroxylation sites is 1. The molecule has 118 valence electrons. The standard InChI is InChI=1S/C17H25N5/c1-5-12(4)19-17-21-15(11-18-22-17)20-16-13(6-2)9-8-10-14(16)7-3/h8-12H,5-7H2,1-4H3,(H2,19,20,21,22). The lowest BCUT2D eigenvalue weighted by atomic mass is 10.0. The molecule has 0 radical (unpaired) electrons. The molecule has 0 aliphatic heterocycles. The summed E-state index contributed by atoms with van der Waals surface area (Å²) < 4.78 is 0. The second-order valence-electron chi connectivity index (χ2n) is 5.40. The van der Waals surface area contributed by atoms with Crippen molar-refractivity contribution in [1.82, 2.24) is 15.2 Å². The molecule has 0 saturated heterocycles. The molecule has 0 bridgehead atoms. The molecule has 1 aromatic heterocycles. The van der Waals surface area contributed by atoms with Crippen molar-refractivity contribution in [3.8, 4) is 0 Å². The number of nitrogens with zero attached hydrogens (tertiary/aromatic N) is 3. The number of hydrogen-bond acceptors (Lipinski definition) is 5. The zero-order valence-electron chi connectivity index (χ0n) is 13.8. The molecule has 1 heterocycles. The summed E-state index contributed by atoms with van der Waals surface area (Å²) in [5.41, 5.74) is 3.71. The highest BCUT2D eigenvalue weighted by molar-refractivity contribution is 5.65. The van der Waals surface area contributed by atoms with Crippen LogP contribution in [0.25, 0.3) is 0 Å². The van der Waals surface area contributed by atoms with Crippen LogP contribution in [0.2, 0.25) is 0 Å². The Labute approximate surface area is 132 Å². The summed E-state index contributed by atoms with van der Waals surface area (Å²) in [6.07, 6.45) is 4.63. The smallest absolute Gasteiger partial charge is 0.244 e. The molecule has 1 unspecified atom stereocenters. The number of aromatic nitrogens is 3. The molecule has 0 spiro atoms. The normalized spacial score (nSPS) is 12.0. The first kappa shape index (κ1) is 16.2. The molecule has 1 atom stereocenters. The first-order valence-electron chi connectivity index (χ1n) is 8.01. The average Bonchev–Trinajstić information content (AvgIpc) is 2.55. The monoisotopic (exact) mass is 299 g/mol. The number of nitrogens with one attached hydrogen (secondary N) is 2. The SMILES string of the molecule is CCc1cccc(CC)c1Nc1cnnc(NC(C)CC)n1. The Hall–Kier alpha value is -2.17. The summed E-state index contributed by atoms with van der Waals surface area (Å²) in [6.45, 7) is 8.55. The van der Waals surface area contributed by atoms with Crippen LogP contribution in [0, 0.1) is 0 Å². The van der Waals surface area contributed by atoms with Crippen LogP contribution in [0.5, 0.6) is 0 Å². The quantitative estimate of drug-likeness (QED) is 0.810. The summed E-state index contributed by atoms with van der Waals surface area (Å²) in [5.74, 6) is 1.28. The summed E-state index contributed by atoms with van der Waals surface area (Å²) >= 11 is 0. The summed E-state index contributed by atoms with van der Waals surface area (Å²) in [4.78, 5) is 4.51. The predicted molar refractivity (Wildman–Crippen MR) is 91.7 cm³/mol. The molecule has 1 aromatic carbocycles. The molecular weight excluding hydrogens is 274 g/mol. The van der Waals surface area contributed by atoms with Gasteiger partial charge in [-0.3, -0.25) is 0 Å². The van der Waals surface area contributed by atoms with Crippen LogP contribution in [0.1, 0.15) is 45.2 Å². The van der Waals surface area contributed by atoms with Crippen molar-refractivity contribution >= 4 is 17.5 Å². The van der Waals surface area contributed by atoms with Crippen molar-refractivity contribution in [3.05, 3.63) is 35.5 Å². The Kier molecular flexibility index (Phi) is 5.69. The minimum Gasteiger partial charge on any atom is -0.350 e. The maximum atomic E-state index is 4.51. The van der Waals surface area contributed by atoms with Crippen LogP contribution in [-0.4, -0.2) is 21.2 Å². The highest BCUT2D eigenvalue weighted by atomic mass is 15.3. The van der Waals surface area contributed by atoms with E-state index >= 15 is 0 Å². The molecule has 0 aliphatic rings. The van der Waals surface area contributed by atoms with Crippen LogP contribution < -0.4 is 10.6 Å². The topological polar surface area (TPSA) is 62.7 Å². The molecule has 2 rings (SSSR count). The molecule has 0 fully saturated rings. The van der Waals surface area contributed by atoms with Gasteiger partial charge in [0.05, 0.1) is 6.20 Å². The van der Waals surface area contributed by atoms with Gasteiger partial charge in [-0.25, -0.2) is 0 Å². The van der Waals surface area contributed by atoms with E-state index in [0.717, 1.165) is 30.8 Å². The molecule has 22 heavy (non-hydrogen) atoms. The lowest BCUT2D eigenvalue weighted by Gasteiger charge is -2.15. The predicted octanol–water partition coefficient (Wildman–Crippen LogP) is 3.95. The Morgan fingerprint density at radius 2 is 1.77 bits per heavy atom. The fraction of sp³-hybridized carbons (Fsp3) is 0.471. The van der Waals surface area contributed by atoms with Gasteiger partial charge in [0.25, 0.3) is 0 Å². The second-order valence-corrected chi connectivity index (χ2v) is 5.40. The molecule has 2 N–H and O–H groups in total. The number of aryl methyl sites for hydroxylation is 2. The highest BCUT2D eigenvalue weighted by Gasteiger charge is 2.09.